The lowest BCUT2D eigenvalue weighted by Crippen LogP contribution is -2.37. The number of anilines is 1. The maximum absolute atomic E-state index is 3.22. The summed E-state index contributed by atoms with van der Waals surface area (Å²) in [6.07, 6.45) is 0. The molecule has 88 valence electrons. The highest BCUT2D eigenvalue weighted by Gasteiger charge is 2.21. The summed E-state index contributed by atoms with van der Waals surface area (Å²) >= 11 is 2.00. The number of thioether (sulfide) groups is 1. The minimum absolute atomic E-state index is 0.686. The molecular formula is C13H20N2S. The zero-order chi connectivity index (χ0) is 11.5. The molecular weight excluding hydrogens is 216 g/mol. The second-order valence-electron chi connectivity index (χ2n) is 4.45. The predicted octanol–water partition coefficient (Wildman–Crippen LogP) is 2.52. The molecule has 0 aromatic heterocycles. The van der Waals surface area contributed by atoms with Gasteiger partial charge >= 0.3 is 0 Å². The van der Waals surface area contributed by atoms with Gasteiger partial charge in [0.05, 0.1) is 5.69 Å². The first-order valence-electron chi connectivity index (χ1n) is 5.87. The van der Waals surface area contributed by atoms with Crippen LogP contribution in [0.1, 0.15) is 12.5 Å². The van der Waals surface area contributed by atoms with E-state index < -0.39 is 0 Å². The van der Waals surface area contributed by atoms with Crippen molar-refractivity contribution in [3.63, 3.8) is 0 Å². The Morgan fingerprint density at radius 1 is 1.50 bits per heavy atom. The van der Waals surface area contributed by atoms with Gasteiger partial charge in [-0.2, -0.15) is 0 Å². The van der Waals surface area contributed by atoms with Crippen LogP contribution >= 0.6 is 11.8 Å². The topological polar surface area (TPSA) is 15.3 Å². The van der Waals surface area contributed by atoms with E-state index in [2.05, 4.69) is 42.3 Å². The normalized spacial score (nSPS) is 19.7. The summed E-state index contributed by atoms with van der Waals surface area (Å²) in [5.74, 6) is 0. The molecule has 1 N–H and O–H groups in total. The van der Waals surface area contributed by atoms with E-state index in [-0.39, 0.29) is 0 Å². The highest BCUT2D eigenvalue weighted by atomic mass is 32.2. The summed E-state index contributed by atoms with van der Waals surface area (Å²) in [6.45, 7) is 7.77. The summed E-state index contributed by atoms with van der Waals surface area (Å²) < 4.78 is 0. The highest BCUT2D eigenvalue weighted by Crippen LogP contribution is 2.38. The molecule has 1 unspecified atom stereocenters. The van der Waals surface area contributed by atoms with Crippen molar-refractivity contribution in [2.24, 2.45) is 0 Å². The molecule has 0 aliphatic carbocycles. The molecule has 0 amide bonds. The maximum atomic E-state index is 3.22. The molecule has 0 spiro atoms. The fraction of sp³-hybridized carbons (Fsp3) is 0.538. The second-order valence-corrected chi connectivity index (χ2v) is 5.93. The zero-order valence-corrected chi connectivity index (χ0v) is 11.1. The van der Waals surface area contributed by atoms with Crippen molar-refractivity contribution in [1.29, 1.82) is 0 Å². The Kier molecular flexibility index (Phi) is 3.77. The standard InChI is InChI=1S/C13H20N2S/c1-10-4-5-12-13(8-10)16-11(2)9-15(12)7-6-14-3/h4-5,8,11,14H,6-7,9H2,1-3H3. The van der Waals surface area contributed by atoms with Crippen LogP contribution in [-0.4, -0.2) is 31.9 Å². The van der Waals surface area contributed by atoms with Gasteiger partial charge in [0.25, 0.3) is 0 Å². The number of hydrogen-bond donors (Lipinski definition) is 1. The van der Waals surface area contributed by atoms with Gasteiger partial charge in [0.1, 0.15) is 0 Å². The fourth-order valence-electron chi connectivity index (χ4n) is 2.10. The van der Waals surface area contributed by atoms with E-state index in [9.17, 15) is 0 Å². The fourth-order valence-corrected chi connectivity index (χ4v) is 3.36. The highest BCUT2D eigenvalue weighted by molar-refractivity contribution is 8.00. The van der Waals surface area contributed by atoms with Crippen molar-refractivity contribution in [2.75, 3.05) is 31.6 Å². The molecule has 0 radical (unpaired) electrons. The summed E-state index contributed by atoms with van der Waals surface area (Å²) in [4.78, 5) is 3.93. The molecule has 1 aromatic rings. The van der Waals surface area contributed by atoms with Crippen LogP contribution in [-0.2, 0) is 0 Å². The van der Waals surface area contributed by atoms with E-state index in [1.165, 1.54) is 16.1 Å². The smallest absolute Gasteiger partial charge is 0.0505 e. The number of rotatable bonds is 3. The molecule has 0 bridgehead atoms. The van der Waals surface area contributed by atoms with E-state index in [0.717, 1.165) is 19.6 Å². The van der Waals surface area contributed by atoms with Crippen molar-refractivity contribution >= 4 is 17.4 Å². The molecule has 0 fully saturated rings. The minimum Gasteiger partial charge on any atom is -0.368 e. The van der Waals surface area contributed by atoms with Crippen molar-refractivity contribution in [3.05, 3.63) is 23.8 Å². The summed E-state index contributed by atoms with van der Waals surface area (Å²) in [5, 5.41) is 3.91. The second kappa shape index (κ2) is 5.11. The first-order chi connectivity index (χ1) is 7.70. The van der Waals surface area contributed by atoms with Crippen molar-refractivity contribution in [1.82, 2.24) is 5.32 Å². The van der Waals surface area contributed by atoms with Gasteiger partial charge in [-0.05, 0) is 31.7 Å². The molecule has 3 heteroatoms. The van der Waals surface area contributed by atoms with Gasteiger partial charge < -0.3 is 10.2 Å². The largest absolute Gasteiger partial charge is 0.368 e. The van der Waals surface area contributed by atoms with Crippen LogP contribution in [0, 0.1) is 6.92 Å². The predicted molar refractivity (Wildman–Crippen MR) is 72.6 cm³/mol. The third-order valence-electron chi connectivity index (χ3n) is 2.89. The average Bonchev–Trinajstić information content (AvgIpc) is 2.25. The van der Waals surface area contributed by atoms with Gasteiger partial charge in [-0.1, -0.05) is 13.0 Å². The SMILES string of the molecule is CNCCN1CC(C)Sc2cc(C)ccc21. The third-order valence-corrected chi connectivity index (χ3v) is 4.03. The Morgan fingerprint density at radius 2 is 2.31 bits per heavy atom. The molecule has 1 atom stereocenters. The molecule has 1 heterocycles. The van der Waals surface area contributed by atoms with Crippen molar-refractivity contribution in [3.8, 4) is 0 Å². The Bertz CT molecular complexity index is 365. The minimum atomic E-state index is 0.686. The number of aryl methyl sites for hydroxylation is 1. The van der Waals surface area contributed by atoms with E-state index in [1.807, 2.05) is 18.8 Å². The van der Waals surface area contributed by atoms with Crippen LogP contribution in [0.15, 0.2) is 23.1 Å². The van der Waals surface area contributed by atoms with Crippen LogP contribution < -0.4 is 10.2 Å². The maximum Gasteiger partial charge on any atom is 0.0505 e. The van der Waals surface area contributed by atoms with Crippen molar-refractivity contribution in [2.45, 2.75) is 24.0 Å². The number of hydrogen-bond acceptors (Lipinski definition) is 3. The van der Waals surface area contributed by atoms with Crippen molar-refractivity contribution < 1.29 is 0 Å². The Morgan fingerprint density at radius 3 is 3.06 bits per heavy atom. The van der Waals surface area contributed by atoms with Gasteiger partial charge in [0.15, 0.2) is 0 Å². The van der Waals surface area contributed by atoms with E-state index in [4.69, 9.17) is 0 Å². The van der Waals surface area contributed by atoms with Crippen LogP contribution in [0.5, 0.6) is 0 Å². The molecule has 0 saturated heterocycles. The van der Waals surface area contributed by atoms with Crippen LogP contribution in [0.25, 0.3) is 0 Å². The first kappa shape index (κ1) is 11.8. The number of nitrogens with zero attached hydrogens (tertiary/aromatic N) is 1. The quantitative estimate of drug-likeness (QED) is 0.868. The molecule has 2 rings (SSSR count). The van der Waals surface area contributed by atoms with Gasteiger partial charge in [-0.15, -0.1) is 11.8 Å². The van der Waals surface area contributed by atoms with E-state index in [1.54, 1.807) is 0 Å². The first-order valence-corrected chi connectivity index (χ1v) is 6.75. The Hall–Kier alpha value is -0.670. The summed E-state index contributed by atoms with van der Waals surface area (Å²) in [5.41, 5.74) is 2.76. The number of nitrogens with one attached hydrogen (secondary N) is 1. The average molecular weight is 236 g/mol. The van der Waals surface area contributed by atoms with E-state index >= 15 is 0 Å². The summed E-state index contributed by atoms with van der Waals surface area (Å²) in [7, 11) is 2.01. The third kappa shape index (κ3) is 2.53. The zero-order valence-electron chi connectivity index (χ0n) is 10.3. The number of fused-ring (bicyclic) bond motifs is 1. The number of likely N-dealkylation sites (N-methyl/N-ethyl adjacent to an activating group) is 1. The summed E-state index contributed by atoms with van der Waals surface area (Å²) in [6, 6.07) is 6.78. The monoisotopic (exact) mass is 236 g/mol. The molecule has 1 aromatic carbocycles. The lowest BCUT2D eigenvalue weighted by molar-refractivity contribution is 0.704. The molecule has 1 aliphatic rings. The lowest BCUT2D eigenvalue weighted by atomic mass is 10.2. The van der Waals surface area contributed by atoms with E-state index in [0.29, 0.717) is 5.25 Å². The van der Waals surface area contributed by atoms with Crippen LogP contribution in [0.2, 0.25) is 0 Å². The Labute approximate surface area is 102 Å². The molecule has 16 heavy (non-hydrogen) atoms. The van der Waals surface area contributed by atoms with Gasteiger partial charge in [0, 0.05) is 29.8 Å². The van der Waals surface area contributed by atoms with Gasteiger partial charge in [-0.3, -0.25) is 0 Å². The van der Waals surface area contributed by atoms with Gasteiger partial charge in [-0.25, -0.2) is 0 Å². The molecule has 1 aliphatic heterocycles. The lowest BCUT2D eigenvalue weighted by Gasteiger charge is -2.34. The number of benzene rings is 1. The molecule has 0 saturated carbocycles. The van der Waals surface area contributed by atoms with Gasteiger partial charge in [0.2, 0.25) is 0 Å². The van der Waals surface area contributed by atoms with Crippen LogP contribution in [0.3, 0.4) is 0 Å². The Balaban J connectivity index is 2.23. The van der Waals surface area contributed by atoms with Crippen LogP contribution in [0.4, 0.5) is 5.69 Å². The molecule has 2 nitrogen and oxygen atoms in total.